The SMILES string of the molecule is CCn1cc(NC(=O)c2ccc(COc3cc(C)c(Cl)c(C)c3)cc2)c(C(N)=O)n1. The molecule has 0 spiro atoms. The van der Waals surface area contributed by atoms with Crippen LogP contribution in [0.1, 0.15) is 44.5 Å². The van der Waals surface area contributed by atoms with Crippen molar-refractivity contribution in [1.29, 1.82) is 0 Å². The molecule has 0 fully saturated rings. The predicted molar refractivity (Wildman–Crippen MR) is 116 cm³/mol. The van der Waals surface area contributed by atoms with Crippen LogP contribution < -0.4 is 15.8 Å². The molecule has 0 saturated carbocycles. The lowest BCUT2D eigenvalue weighted by Gasteiger charge is -2.10. The fourth-order valence-corrected chi connectivity index (χ4v) is 3.07. The fraction of sp³-hybridized carbons (Fsp3) is 0.227. The van der Waals surface area contributed by atoms with Gasteiger partial charge in [0.1, 0.15) is 12.4 Å². The zero-order chi connectivity index (χ0) is 21.8. The van der Waals surface area contributed by atoms with Crippen molar-refractivity contribution in [2.75, 3.05) is 5.32 Å². The molecule has 2 aromatic carbocycles. The van der Waals surface area contributed by atoms with Crippen LogP contribution in [0.4, 0.5) is 5.69 Å². The van der Waals surface area contributed by atoms with Gasteiger partial charge in [0.05, 0.1) is 5.69 Å². The van der Waals surface area contributed by atoms with Crippen LogP contribution in [-0.2, 0) is 13.2 Å². The molecule has 0 aliphatic heterocycles. The average Bonchev–Trinajstić information content (AvgIpc) is 3.14. The van der Waals surface area contributed by atoms with Crippen LogP contribution in [0.5, 0.6) is 5.75 Å². The van der Waals surface area contributed by atoms with Crippen molar-refractivity contribution in [2.24, 2.45) is 5.73 Å². The summed E-state index contributed by atoms with van der Waals surface area (Å²) in [5, 5.41) is 7.49. The lowest BCUT2D eigenvalue weighted by Crippen LogP contribution is -2.18. The van der Waals surface area contributed by atoms with Crippen molar-refractivity contribution in [3.8, 4) is 5.75 Å². The lowest BCUT2D eigenvalue weighted by molar-refractivity contribution is 0.0995. The standard InChI is InChI=1S/C22H23ClN4O3/c1-4-27-11-18(20(26-27)21(24)28)25-22(29)16-7-5-15(6-8-16)12-30-17-9-13(2)19(23)14(3)10-17/h5-11H,4,12H2,1-3H3,(H2,24,28)(H,25,29). The largest absolute Gasteiger partial charge is 0.489 e. The van der Waals surface area contributed by atoms with Gasteiger partial charge in [-0.3, -0.25) is 14.3 Å². The highest BCUT2D eigenvalue weighted by atomic mass is 35.5. The number of hydrogen-bond donors (Lipinski definition) is 2. The van der Waals surface area contributed by atoms with Gasteiger partial charge in [0.15, 0.2) is 5.69 Å². The van der Waals surface area contributed by atoms with Gasteiger partial charge in [0.2, 0.25) is 0 Å². The highest BCUT2D eigenvalue weighted by molar-refractivity contribution is 6.32. The van der Waals surface area contributed by atoms with Gasteiger partial charge < -0.3 is 15.8 Å². The topological polar surface area (TPSA) is 99.2 Å². The Hall–Kier alpha value is -3.32. The van der Waals surface area contributed by atoms with Crippen molar-refractivity contribution in [2.45, 2.75) is 33.9 Å². The summed E-state index contributed by atoms with van der Waals surface area (Å²) in [5.74, 6) is -0.314. The van der Waals surface area contributed by atoms with E-state index in [9.17, 15) is 9.59 Å². The summed E-state index contributed by atoms with van der Waals surface area (Å²) < 4.78 is 7.38. The van der Waals surface area contributed by atoms with E-state index in [1.807, 2.05) is 45.0 Å². The van der Waals surface area contributed by atoms with Gasteiger partial charge in [0, 0.05) is 23.3 Å². The number of halogens is 1. The highest BCUT2D eigenvalue weighted by Gasteiger charge is 2.17. The number of rotatable bonds is 7. The minimum atomic E-state index is -0.697. The summed E-state index contributed by atoms with van der Waals surface area (Å²) in [6.45, 7) is 6.65. The first-order valence-corrected chi connectivity index (χ1v) is 9.83. The summed E-state index contributed by atoms with van der Waals surface area (Å²) in [5.41, 5.74) is 8.93. The second-order valence-corrected chi connectivity index (χ2v) is 7.30. The number of aryl methyl sites for hydroxylation is 3. The molecule has 1 heterocycles. The Balaban J connectivity index is 1.66. The van der Waals surface area contributed by atoms with Gasteiger partial charge in [-0.1, -0.05) is 23.7 Å². The van der Waals surface area contributed by atoms with E-state index in [1.54, 1.807) is 18.3 Å². The molecule has 3 aromatic rings. The third-order valence-corrected chi connectivity index (χ3v) is 5.20. The van der Waals surface area contributed by atoms with Gasteiger partial charge in [-0.2, -0.15) is 5.10 Å². The van der Waals surface area contributed by atoms with E-state index in [2.05, 4.69) is 10.4 Å². The molecule has 0 atom stereocenters. The first-order chi connectivity index (χ1) is 14.3. The molecule has 0 aliphatic carbocycles. The molecule has 7 nitrogen and oxygen atoms in total. The summed E-state index contributed by atoms with van der Waals surface area (Å²) in [6.07, 6.45) is 1.58. The first kappa shape index (κ1) is 21.4. The first-order valence-electron chi connectivity index (χ1n) is 9.45. The van der Waals surface area contributed by atoms with Crippen molar-refractivity contribution >= 4 is 29.1 Å². The molecular weight excluding hydrogens is 404 g/mol. The number of aromatic nitrogens is 2. The van der Waals surface area contributed by atoms with Crippen molar-refractivity contribution in [3.63, 3.8) is 0 Å². The minimum Gasteiger partial charge on any atom is -0.489 e. The quantitative estimate of drug-likeness (QED) is 0.594. The number of nitrogens with one attached hydrogen (secondary N) is 1. The number of benzene rings is 2. The molecule has 0 radical (unpaired) electrons. The molecular formula is C22H23ClN4O3. The normalized spacial score (nSPS) is 10.7. The van der Waals surface area contributed by atoms with Gasteiger partial charge in [-0.25, -0.2) is 0 Å². The molecule has 3 rings (SSSR count). The maximum absolute atomic E-state index is 12.5. The molecule has 0 saturated heterocycles. The van der Waals surface area contributed by atoms with Gasteiger partial charge in [-0.05, 0) is 61.7 Å². The molecule has 8 heteroatoms. The second kappa shape index (κ2) is 9.00. The number of ether oxygens (including phenoxy) is 1. The van der Waals surface area contributed by atoms with E-state index in [1.165, 1.54) is 4.68 Å². The van der Waals surface area contributed by atoms with Crippen LogP contribution in [-0.4, -0.2) is 21.6 Å². The molecule has 1 aromatic heterocycles. The van der Waals surface area contributed by atoms with Crippen LogP contribution >= 0.6 is 11.6 Å². The van der Waals surface area contributed by atoms with E-state index in [0.29, 0.717) is 18.7 Å². The maximum Gasteiger partial charge on any atom is 0.271 e. The maximum atomic E-state index is 12.5. The predicted octanol–water partition coefficient (Wildman–Crippen LogP) is 4.10. The summed E-state index contributed by atoms with van der Waals surface area (Å²) in [7, 11) is 0. The van der Waals surface area contributed by atoms with Gasteiger partial charge in [-0.15, -0.1) is 0 Å². The number of primary amides is 1. The number of carbonyl (C=O) groups excluding carboxylic acids is 2. The highest BCUT2D eigenvalue weighted by Crippen LogP contribution is 2.26. The Morgan fingerprint density at radius 3 is 2.37 bits per heavy atom. The van der Waals surface area contributed by atoms with Crippen LogP contribution in [0, 0.1) is 13.8 Å². The van der Waals surface area contributed by atoms with Crippen LogP contribution in [0.2, 0.25) is 5.02 Å². The van der Waals surface area contributed by atoms with E-state index in [4.69, 9.17) is 22.1 Å². The number of hydrogen-bond acceptors (Lipinski definition) is 4. The summed E-state index contributed by atoms with van der Waals surface area (Å²) in [4.78, 5) is 24.1. The van der Waals surface area contributed by atoms with Gasteiger partial charge >= 0.3 is 0 Å². The Labute approximate surface area is 179 Å². The third kappa shape index (κ3) is 4.80. The van der Waals surface area contributed by atoms with Crippen LogP contribution in [0.3, 0.4) is 0 Å². The third-order valence-electron chi connectivity index (χ3n) is 4.60. The number of carbonyl (C=O) groups is 2. The van der Waals surface area contributed by atoms with E-state index < -0.39 is 5.91 Å². The summed E-state index contributed by atoms with van der Waals surface area (Å²) >= 11 is 6.18. The minimum absolute atomic E-state index is 0.0313. The van der Waals surface area contributed by atoms with E-state index in [-0.39, 0.29) is 17.3 Å². The van der Waals surface area contributed by atoms with Gasteiger partial charge in [0.25, 0.3) is 11.8 Å². The Kier molecular flexibility index (Phi) is 6.42. The zero-order valence-electron chi connectivity index (χ0n) is 17.0. The zero-order valence-corrected chi connectivity index (χ0v) is 17.8. The number of nitrogens with zero attached hydrogens (tertiary/aromatic N) is 2. The molecule has 2 amide bonds. The molecule has 0 bridgehead atoms. The smallest absolute Gasteiger partial charge is 0.271 e. The second-order valence-electron chi connectivity index (χ2n) is 6.92. The average molecular weight is 427 g/mol. The monoisotopic (exact) mass is 426 g/mol. The number of nitrogens with two attached hydrogens (primary N) is 1. The summed E-state index contributed by atoms with van der Waals surface area (Å²) in [6, 6.07) is 10.8. The lowest BCUT2D eigenvalue weighted by atomic mass is 10.1. The van der Waals surface area contributed by atoms with E-state index >= 15 is 0 Å². The molecule has 3 N–H and O–H groups in total. The molecule has 156 valence electrons. The Morgan fingerprint density at radius 1 is 1.17 bits per heavy atom. The van der Waals surface area contributed by atoms with Crippen molar-refractivity contribution in [1.82, 2.24) is 9.78 Å². The molecule has 0 unspecified atom stereocenters. The molecule has 0 aliphatic rings. The fourth-order valence-electron chi connectivity index (χ4n) is 2.96. The van der Waals surface area contributed by atoms with E-state index in [0.717, 1.165) is 27.5 Å². The Morgan fingerprint density at radius 2 is 1.80 bits per heavy atom. The number of anilines is 1. The molecule has 30 heavy (non-hydrogen) atoms. The van der Waals surface area contributed by atoms with Crippen molar-refractivity contribution in [3.05, 3.63) is 75.6 Å². The Bertz CT molecular complexity index is 1070. The van der Waals surface area contributed by atoms with Crippen LogP contribution in [0.25, 0.3) is 0 Å². The van der Waals surface area contributed by atoms with Crippen LogP contribution in [0.15, 0.2) is 42.6 Å². The number of amides is 2. The van der Waals surface area contributed by atoms with Crippen molar-refractivity contribution < 1.29 is 14.3 Å².